The topological polar surface area (TPSA) is 127 Å². The van der Waals surface area contributed by atoms with Crippen LogP contribution >= 0.6 is 0 Å². The standard InChI is InChI=1S/C6H10O4.2C2H4O2/c1-5(7)9-3-4-10-6(2)8;2*1-2(3)4/h3-4H2,1-2H3;2*1H3,(H,3,4). The lowest BCUT2D eigenvalue weighted by molar-refractivity contribution is -0.149. The number of esters is 2. The molecular weight excluding hydrogens is 248 g/mol. The molecule has 0 aliphatic rings. The Morgan fingerprint density at radius 2 is 0.889 bits per heavy atom. The van der Waals surface area contributed by atoms with Gasteiger partial charge in [0.05, 0.1) is 0 Å². The molecule has 0 bridgehead atoms. The fourth-order valence-electron chi connectivity index (χ4n) is 0.371. The van der Waals surface area contributed by atoms with E-state index in [1.165, 1.54) is 13.8 Å². The lowest BCUT2D eigenvalue weighted by Crippen LogP contribution is -2.09. The van der Waals surface area contributed by atoms with Crippen LogP contribution in [-0.4, -0.2) is 47.3 Å². The van der Waals surface area contributed by atoms with Gasteiger partial charge in [0.25, 0.3) is 11.9 Å². The van der Waals surface area contributed by atoms with Gasteiger partial charge in [-0.05, 0) is 0 Å². The van der Waals surface area contributed by atoms with E-state index in [0.717, 1.165) is 13.8 Å². The van der Waals surface area contributed by atoms with Gasteiger partial charge < -0.3 is 19.7 Å². The Morgan fingerprint density at radius 1 is 0.722 bits per heavy atom. The second-order valence-corrected chi connectivity index (χ2v) is 2.72. The minimum Gasteiger partial charge on any atom is -0.481 e. The van der Waals surface area contributed by atoms with Crippen molar-refractivity contribution >= 4 is 23.9 Å². The summed E-state index contributed by atoms with van der Waals surface area (Å²) in [5.74, 6) is -2.40. The van der Waals surface area contributed by atoms with Crippen LogP contribution in [0, 0.1) is 0 Å². The third kappa shape index (κ3) is 96.7. The third-order valence-electron chi connectivity index (χ3n) is 0.694. The van der Waals surface area contributed by atoms with Crippen molar-refractivity contribution in [1.82, 2.24) is 0 Å². The van der Waals surface area contributed by atoms with E-state index in [2.05, 4.69) is 9.47 Å². The number of aliphatic carboxylic acids is 2. The molecule has 0 fully saturated rings. The number of rotatable bonds is 3. The van der Waals surface area contributed by atoms with Crippen LogP contribution in [0.5, 0.6) is 0 Å². The normalized spacial score (nSPS) is 7.56. The highest BCUT2D eigenvalue weighted by molar-refractivity contribution is 5.66. The van der Waals surface area contributed by atoms with Crippen LogP contribution in [0.2, 0.25) is 0 Å². The molecule has 2 N–H and O–H groups in total. The van der Waals surface area contributed by atoms with Crippen molar-refractivity contribution in [3.8, 4) is 0 Å². The van der Waals surface area contributed by atoms with Crippen molar-refractivity contribution in [3.63, 3.8) is 0 Å². The van der Waals surface area contributed by atoms with Crippen LogP contribution in [0.25, 0.3) is 0 Å². The number of carbonyl (C=O) groups excluding carboxylic acids is 2. The molecule has 106 valence electrons. The summed E-state index contributed by atoms with van der Waals surface area (Å²) in [6.07, 6.45) is 0. The minimum absolute atomic E-state index is 0.134. The van der Waals surface area contributed by atoms with E-state index < -0.39 is 11.9 Å². The van der Waals surface area contributed by atoms with Crippen molar-refractivity contribution in [3.05, 3.63) is 0 Å². The number of hydrogen-bond donors (Lipinski definition) is 2. The predicted molar refractivity (Wildman–Crippen MR) is 59.9 cm³/mol. The first kappa shape index (κ1) is 21.2. The molecule has 0 spiro atoms. The average Bonchev–Trinajstić information content (AvgIpc) is 2.09. The van der Waals surface area contributed by atoms with Crippen LogP contribution in [0.15, 0.2) is 0 Å². The van der Waals surface area contributed by atoms with E-state index in [0.29, 0.717) is 0 Å². The fourth-order valence-corrected chi connectivity index (χ4v) is 0.371. The molecule has 0 unspecified atom stereocenters. The van der Waals surface area contributed by atoms with E-state index in [1.807, 2.05) is 0 Å². The molecule has 0 aromatic heterocycles. The van der Waals surface area contributed by atoms with Gasteiger partial charge in [0.15, 0.2) is 0 Å². The summed E-state index contributed by atoms with van der Waals surface area (Å²) in [6, 6.07) is 0. The van der Waals surface area contributed by atoms with Crippen molar-refractivity contribution in [1.29, 1.82) is 0 Å². The summed E-state index contributed by atoms with van der Waals surface area (Å²) >= 11 is 0. The SMILES string of the molecule is CC(=O)O.CC(=O)O.CC(=O)OCCOC(C)=O. The average molecular weight is 266 g/mol. The Morgan fingerprint density at radius 3 is 1.00 bits per heavy atom. The molecule has 0 aromatic rings. The Kier molecular flexibility index (Phi) is 17.5. The van der Waals surface area contributed by atoms with E-state index in [9.17, 15) is 9.59 Å². The molecule has 0 aromatic carbocycles. The Hall–Kier alpha value is -2.12. The van der Waals surface area contributed by atoms with E-state index in [-0.39, 0.29) is 25.2 Å². The molecule has 0 radical (unpaired) electrons. The van der Waals surface area contributed by atoms with Gasteiger partial charge in [0, 0.05) is 27.7 Å². The van der Waals surface area contributed by atoms with Crippen LogP contribution in [0.3, 0.4) is 0 Å². The Labute approximate surface area is 104 Å². The second-order valence-electron chi connectivity index (χ2n) is 2.72. The second kappa shape index (κ2) is 14.9. The summed E-state index contributed by atoms with van der Waals surface area (Å²) in [6.45, 7) is 5.03. The zero-order chi connectivity index (χ0) is 15.1. The van der Waals surface area contributed by atoms with E-state index >= 15 is 0 Å². The van der Waals surface area contributed by atoms with Crippen LogP contribution in [0.4, 0.5) is 0 Å². The zero-order valence-corrected chi connectivity index (χ0v) is 10.8. The quantitative estimate of drug-likeness (QED) is 0.551. The molecule has 0 rings (SSSR count). The molecule has 0 atom stereocenters. The van der Waals surface area contributed by atoms with Gasteiger partial charge in [0.1, 0.15) is 13.2 Å². The highest BCUT2D eigenvalue weighted by Gasteiger charge is 1.94. The van der Waals surface area contributed by atoms with Gasteiger partial charge in [-0.3, -0.25) is 19.2 Å². The highest BCUT2D eigenvalue weighted by Crippen LogP contribution is 1.79. The minimum atomic E-state index is -0.833. The zero-order valence-electron chi connectivity index (χ0n) is 10.8. The number of carboxylic acid groups (broad SMARTS) is 2. The summed E-state index contributed by atoms with van der Waals surface area (Å²) in [5, 5.41) is 14.8. The van der Waals surface area contributed by atoms with Crippen molar-refractivity contribution in [2.24, 2.45) is 0 Å². The molecule has 8 nitrogen and oxygen atoms in total. The van der Waals surface area contributed by atoms with Gasteiger partial charge in [-0.25, -0.2) is 0 Å². The number of hydrogen-bond acceptors (Lipinski definition) is 6. The molecule has 0 aliphatic carbocycles. The number of carbonyl (C=O) groups is 4. The monoisotopic (exact) mass is 266 g/mol. The molecule has 0 aliphatic heterocycles. The maximum absolute atomic E-state index is 10.1. The van der Waals surface area contributed by atoms with Crippen LogP contribution < -0.4 is 0 Å². The molecular formula is C10H18O8. The maximum Gasteiger partial charge on any atom is 0.302 e. The molecule has 0 saturated carbocycles. The van der Waals surface area contributed by atoms with Crippen molar-refractivity contribution in [2.75, 3.05) is 13.2 Å². The van der Waals surface area contributed by atoms with Crippen molar-refractivity contribution < 1.29 is 38.9 Å². The third-order valence-corrected chi connectivity index (χ3v) is 0.694. The van der Waals surface area contributed by atoms with E-state index in [4.69, 9.17) is 19.8 Å². The maximum atomic E-state index is 10.1. The Balaban J connectivity index is -0.000000233. The predicted octanol–water partition coefficient (Wildman–Crippen LogP) is 0.294. The summed E-state index contributed by atoms with van der Waals surface area (Å²) in [5.41, 5.74) is 0. The lowest BCUT2D eigenvalue weighted by Gasteiger charge is -2.00. The number of ether oxygens (including phenoxy) is 2. The molecule has 0 heterocycles. The first-order valence-electron chi connectivity index (χ1n) is 4.75. The van der Waals surface area contributed by atoms with Gasteiger partial charge >= 0.3 is 11.9 Å². The molecule has 0 saturated heterocycles. The Bertz CT molecular complexity index is 235. The summed E-state index contributed by atoms with van der Waals surface area (Å²) in [4.78, 5) is 38.3. The fraction of sp³-hybridized carbons (Fsp3) is 0.600. The summed E-state index contributed by atoms with van der Waals surface area (Å²) < 4.78 is 8.95. The molecule has 18 heavy (non-hydrogen) atoms. The van der Waals surface area contributed by atoms with Crippen LogP contribution in [0.1, 0.15) is 27.7 Å². The first-order chi connectivity index (χ1) is 8.09. The first-order valence-corrected chi connectivity index (χ1v) is 4.75. The highest BCUT2D eigenvalue weighted by atomic mass is 16.6. The van der Waals surface area contributed by atoms with Crippen molar-refractivity contribution in [2.45, 2.75) is 27.7 Å². The smallest absolute Gasteiger partial charge is 0.302 e. The van der Waals surface area contributed by atoms with Crippen LogP contribution in [-0.2, 0) is 28.7 Å². The van der Waals surface area contributed by atoms with Gasteiger partial charge in [0.2, 0.25) is 0 Å². The molecule has 0 amide bonds. The van der Waals surface area contributed by atoms with E-state index in [1.54, 1.807) is 0 Å². The largest absolute Gasteiger partial charge is 0.481 e. The van der Waals surface area contributed by atoms with Gasteiger partial charge in [-0.15, -0.1) is 0 Å². The van der Waals surface area contributed by atoms with Gasteiger partial charge in [-0.2, -0.15) is 0 Å². The molecule has 8 heteroatoms. The van der Waals surface area contributed by atoms with Gasteiger partial charge in [-0.1, -0.05) is 0 Å². The summed E-state index contributed by atoms with van der Waals surface area (Å²) in [7, 11) is 0. The lowest BCUT2D eigenvalue weighted by atomic mass is 10.7. The number of carboxylic acids is 2.